The van der Waals surface area contributed by atoms with Crippen LogP contribution in [0.3, 0.4) is 0 Å². The lowest BCUT2D eigenvalue weighted by Crippen LogP contribution is -2.25. The SMILES string of the molecule is N=Nc1cccc2c1NC(=Cc1cccs1)C(=O)N2. The van der Waals surface area contributed by atoms with Crippen molar-refractivity contribution in [1.82, 2.24) is 0 Å². The predicted octanol–water partition coefficient (Wildman–Crippen LogP) is 3.82. The molecule has 2 aromatic rings. The second-order valence-corrected chi connectivity index (χ2v) is 4.94. The zero-order chi connectivity index (χ0) is 13.2. The molecule has 6 heteroatoms. The maximum atomic E-state index is 12.0. The molecular formula is C13H10N4OS. The lowest BCUT2D eigenvalue weighted by atomic mass is 10.1. The number of hydrogen-bond acceptors (Lipinski definition) is 5. The number of rotatable bonds is 2. The van der Waals surface area contributed by atoms with Crippen molar-refractivity contribution in [3.63, 3.8) is 0 Å². The minimum atomic E-state index is -0.192. The minimum Gasteiger partial charge on any atom is -0.347 e. The first-order valence-corrected chi connectivity index (χ1v) is 6.50. The third-order valence-electron chi connectivity index (χ3n) is 2.75. The summed E-state index contributed by atoms with van der Waals surface area (Å²) in [5, 5.41) is 11.2. The van der Waals surface area contributed by atoms with Gasteiger partial charge < -0.3 is 10.6 Å². The molecule has 94 valence electrons. The highest BCUT2D eigenvalue weighted by molar-refractivity contribution is 7.10. The molecule has 2 heterocycles. The third-order valence-corrected chi connectivity index (χ3v) is 3.56. The van der Waals surface area contributed by atoms with E-state index in [2.05, 4.69) is 15.7 Å². The summed E-state index contributed by atoms with van der Waals surface area (Å²) in [6.07, 6.45) is 1.78. The van der Waals surface area contributed by atoms with E-state index in [1.807, 2.05) is 17.5 Å². The van der Waals surface area contributed by atoms with Gasteiger partial charge in [0.1, 0.15) is 11.4 Å². The van der Waals surface area contributed by atoms with Gasteiger partial charge >= 0.3 is 0 Å². The summed E-state index contributed by atoms with van der Waals surface area (Å²) >= 11 is 1.55. The molecule has 0 atom stereocenters. The molecule has 1 aromatic heterocycles. The first-order chi connectivity index (χ1) is 9.28. The fourth-order valence-electron chi connectivity index (χ4n) is 1.87. The van der Waals surface area contributed by atoms with Gasteiger partial charge in [-0.05, 0) is 29.7 Å². The van der Waals surface area contributed by atoms with E-state index in [0.717, 1.165) is 4.88 Å². The van der Waals surface area contributed by atoms with Gasteiger partial charge in [0.25, 0.3) is 5.91 Å². The van der Waals surface area contributed by atoms with Crippen molar-refractivity contribution in [2.45, 2.75) is 0 Å². The van der Waals surface area contributed by atoms with Crippen LogP contribution < -0.4 is 10.6 Å². The Balaban J connectivity index is 2.03. The van der Waals surface area contributed by atoms with Crippen molar-refractivity contribution in [1.29, 1.82) is 5.53 Å². The largest absolute Gasteiger partial charge is 0.347 e. The van der Waals surface area contributed by atoms with Gasteiger partial charge in [-0.25, -0.2) is 5.53 Å². The van der Waals surface area contributed by atoms with Crippen LogP contribution in [0.5, 0.6) is 0 Å². The molecule has 0 aliphatic carbocycles. The quantitative estimate of drug-likeness (QED) is 0.573. The number of hydrogen-bond donors (Lipinski definition) is 3. The summed E-state index contributed by atoms with van der Waals surface area (Å²) in [4.78, 5) is 13.0. The molecule has 1 amide bonds. The van der Waals surface area contributed by atoms with Crippen LogP contribution >= 0.6 is 11.3 Å². The van der Waals surface area contributed by atoms with Gasteiger partial charge in [0, 0.05) is 4.88 Å². The molecule has 0 spiro atoms. The monoisotopic (exact) mass is 270 g/mol. The second-order valence-electron chi connectivity index (χ2n) is 3.96. The van der Waals surface area contributed by atoms with Crippen LogP contribution in [0.1, 0.15) is 4.88 Å². The van der Waals surface area contributed by atoms with Gasteiger partial charge in [-0.1, -0.05) is 12.1 Å². The highest BCUT2D eigenvalue weighted by Gasteiger charge is 2.21. The van der Waals surface area contributed by atoms with Crippen LogP contribution in [0.25, 0.3) is 6.08 Å². The van der Waals surface area contributed by atoms with Gasteiger partial charge in [0.2, 0.25) is 0 Å². The van der Waals surface area contributed by atoms with Crippen LogP contribution in [-0.4, -0.2) is 5.91 Å². The molecule has 1 aliphatic heterocycles. The van der Waals surface area contributed by atoms with E-state index in [0.29, 0.717) is 22.8 Å². The van der Waals surface area contributed by atoms with E-state index in [4.69, 9.17) is 5.53 Å². The summed E-state index contributed by atoms with van der Waals surface area (Å²) in [6.45, 7) is 0. The van der Waals surface area contributed by atoms with E-state index in [-0.39, 0.29) is 5.91 Å². The normalized spacial score (nSPS) is 15.6. The number of anilines is 2. The number of fused-ring (bicyclic) bond motifs is 1. The lowest BCUT2D eigenvalue weighted by Gasteiger charge is -2.21. The van der Waals surface area contributed by atoms with Gasteiger partial charge in [-0.15, -0.1) is 11.3 Å². The zero-order valence-electron chi connectivity index (χ0n) is 9.81. The Bertz CT molecular complexity index is 676. The van der Waals surface area contributed by atoms with E-state index < -0.39 is 0 Å². The summed E-state index contributed by atoms with van der Waals surface area (Å²) in [6, 6.07) is 9.11. The Morgan fingerprint density at radius 3 is 2.84 bits per heavy atom. The molecule has 0 bridgehead atoms. The number of nitrogens with zero attached hydrogens (tertiary/aromatic N) is 1. The van der Waals surface area contributed by atoms with Crippen LogP contribution in [0.2, 0.25) is 0 Å². The van der Waals surface area contributed by atoms with Crippen molar-refractivity contribution < 1.29 is 4.79 Å². The molecule has 19 heavy (non-hydrogen) atoms. The van der Waals surface area contributed by atoms with Gasteiger partial charge in [-0.2, -0.15) is 5.11 Å². The van der Waals surface area contributed by atoms with Gasteiger partial charge in [0.15, 0.2) is 0 Å². The third kappa shape index (κ3) is 2.13. The molecule has 0 unspecified atom stereocenters. The first-order valence-electron chi connectivity index (χ1n) is 5.62. The average molecular weight is 270 g/mol. The summed E-state index contributed by atoms with van der Waals surface area (Å²) in [5.41, 5.74) is 9.39. The highest BCUT2D eigenvalue weighted by atomic mass is 32.1. The fourth-order valence-corrected chi connectivity index (χ4v) is 2.52. The molecule has 0 saturated carbocycles. The maximum Gasteiger partial charge on any atom is 0.272 e. The minimum absolute atomic E-state index is 0.192. The standard InChI is InChI=1S/C13H10N4OS/c14-17-10-5-1-4-9-12(10)15-11(13(18)16-9)7-8-3-2-6-19-8/h1-7,14-15H,(H,16,18). The van der Waals surface area contributed by atoms with Gasteiger partial charge in [0.05, 0.1) is 11.4 Å². The van der Waals surface area contributed by atoms with E-state index in [9.17, 15) is 4.79 Å². The van der Waals surface area contributed by atoms with Crippen LogP contribution in [-0.2, 0) is 4.79 Å². The molecule has 1 aromatic carbocycles. The summed E-state index contributed by atoms with van der Waals surface area (Å²) in [7, 11) is 0. The molecule has 3 rings (SSSR count). The molecule has 3 N–H and O–H groups in total. The number of para-hydroxylation sites is 1. The smallest absolute Gasteiger partial charge is 0.272 e. The topological polar surface area (TPSA) is 77.3 Å². The van der Waals surface area contributed by atoms with Crippen LogP contribution in [0.15, 0.2) is 46.5 Å². The number of carbonyl (C=O) groups excluding carboxylic acids is 1. The zero-order valence-corrected chi connectivity index (χ0v) is 10.6. The number of thiophene rings is 1. The molecule has 5 nitrogen and oxygen atoms in total. The van der Waals surface area contributed by atoms with Gasteiger partial charge in [-0.3, -0.25) is 4.79 Å². The van der Waals surface area contributed by atoms with Crippen molar-refractivity contribution in [3.8, 4) is 0 Å². The van der Waals surface area contributed by atoms with E-state index in [1.54, 1.807) is 35.6 Å². The molecule has 0 radical (unpaired) electrons. The predicted molar refractivity (Wildman–Crippen MR) is 75.8 cm³/mol. The van der Waals surface area contributed by atoms with Crippen LogP contribution in [0, 0.1) is 5.53 Å². The summed E-state index contributed by atoms with van der Waals surface area (Å²) < 4.78 is 0. The lowest BCUT2D eigenvalue weighted by molar-refractivity contribution is -0.112. The highest BCUT2D eigenvalue weighted by Crippen LogP contribution is 2.37. The number of nitrogens with one attached hydrogen (secondary N) is 3. The van der Waals surface area contributed by atoms with Crippen LogP contribution in [0.4, 0.5) is 17.1 Å². The Labute approximate surface area is 113 Å². The second kappa shape index (κ2) is 4.66. The van der Waals surface area contributed by atoms with Crippen molar-refractivity contribution in [2.24, 2.45) is 5.11 Å². The summed E-state index contributed by atoms with van der Waals surface area (Å²) in [5.74, 6) is -0.192. The average Bonchev–Trinajstić information content (AvgIpc) is 2.92. The van der Waals surface area contributed by atoms with E-state index >= 15 is 0 Å². The van der Waals surface area contributed by atoms with Crippen molar-refractivity contribution >= 4 is 40.4 Å². The maximum absolute atomic E-state index is 12.0. The first kappa shape index (κ1) is 11.6. The van der Waals surface area contributed by atoms with E-state index in [1.165, 1.54) is 0 Å². The Morgan fingerprint density at radius 1 is 1.21 bits per heavy atom. The fraction of sp³-hybridized carbons (Fsp3) is 0. The molecule has 0 saturated heterocycles. The molecule has 0 fully saturated rings. The number of amides is 1. The molecular weight excluding hydrogens is 260 g/mol. The Hall–Kier alpha value is -2.47. The Morgan fingerprint density at radius 2 is 2.11 bits per heavy atom. The van der Waals surface area contributed by atoms with Crippen molar-refractivity contribution in [3.05, 3.63) is 46.3 Å². The van der Waals surface area contributed by atoms with Crippen molar-refractivity contribution in [2.75, 3.05) is 10.6 Å². The number of benzene rings is 1. The molecule has 1 aliphatic rings. The Kier molecular flexibility index (Phi) is 2.85. The number of carbonyl (C=O) groups is 1.